The van der Waals surface area contributed by atoms with Crippen molar-refractivity contribution < 1.29 is 22.7 Å². The highest BCUT2D eigenvalue weighted by Gasteiger charge is 2.25. The summed E-state index contributed by atoms with van der Waals surface area (Å²) in [4.78, 5) is 24.3. The quantitative estimate of drug-likeness (QED) is 0.677. The number of carbonyl (C=O) groups excluding carboxylic acids is 2. The van der Waals surface area contributed by atoms with Gasteiger partial charge in [0.1, 0.15) is 0 Å². The van der Waals surface area contributed by atoms with E-state index < -0.39 is 28.5 Å². The molecule has 1 amide bonds. The second-order valence-electron chi connectivity index (χ2n) is 6.98. The van der Waals surface area contributed by atoms with Gasteiger partial charge in [0.25, 0.3) is 5.91 Å². The molecule has 1 heterocycles. The number of carbonyl (C=O) groups is 2. The van der Waals surface area contributed by atoms with Crippen molar-refractivity contribution in [3.05, 3.63) is 59.1 Å². The number of amides is 1. The maximum atomic E-state index is 12.8. The fourth-order valence-corrected chi connectivity index (χ4v) is 4.88. The van der Waals surface area contributed by atoms with Gasteiger partial charge in [-0.2, -0.15) is 4.31 Å². The second-order valence-corrected chi connectivity index (χ2v) is 9.35. The Morgan fingerprint density at radius 3 is 2.30 bits per heavy atom. The lowest BCUT2D eigenvalue weighted by atomic mass is 10.2. The Morgan fingerprint density at radius 2 is 1.67 bits per heavy atom. The molecule has 1 saturated heterocycles. The number of ether oxygens (including phenoxy) is 1. The predicted molar refractivity (Wildman–Crippen MR) is 114 cm³/mol. The van der Waals surface area contributed by atoms with Crippen LogP contribution in [0, 0.1) is 0 Å². The minimum absolute atomic E-state index is 0.139. The summed E-state index contributed by atoms with van der Waals surface area (Å²) in [6, 6.07) is 12.2. The third-order valence-corrected chi connectivity index (χ3v) is 6.88. The van der Waals surface area contributed by atoms with Crippen LogP contribution < -0.4 is 5.32 Å². The molecule has 0 atom stereocenters. The van der Waals surface area contributed by atoms with Crippen molar-refractivity contribution in [2.75, 3.05) is 25.0 Å². The first-order chi connectivity index (χ1) is 14.4. The van der Waals surface area contributed by atoms with Crippen molar-refractivity contribution >= 4 is 39.2 Å². The molecule has 1 aliphatic rings. The number of nitrogens with zero attached hydrogens (tertiary/aromatic N) is 1. The Balaban J connectivity index is 1.57. The van der Waals surface area contributed by atoms with Crippen LogP contribution in [-0.2, 0) is 19.6 Å². The standard InChI is InChI=1S/C21H23ClN2O5S/c22-17-6-5-7-18(14-17)23-20(25)15-29-21(26)16-8-10-19(11-9-16)30(27,28)24-12-3-1-2-4-13-24/h5-11,14H,1-4,12-13,15H2,(H,23,25). The lowest BCUT2D eigenvalue weighted by molar-refractivity contribution is -0.119. The van der Waals surface area contributed by atoms with Crippen LogP contribution in [-0.4, -0.2) is 44.3 Å². The van der Waals surface area contributed by atoms with Gasteiger partial charge in [-0.3, -0.25) is 4.79 Å². The Labute approximate surface area is 181 Å². The number of hydrogen-bond acceptors (Lipinski definition) is 5. The lowest BCUT2D eigenvalue weighted by Gasteiger charge is -2.19. The largest absolute Gasteiger partial charge is 0.452 e. The number of esters is 1. The molecule has 1 aliphatic heterocycles. The Morgan fingerprint density at radius 1 is 1.00 bits per heavy atom. The van der Waals surface area contributed by atoms with E-state index in [2.05, 4.69) is 5.32 Å². The third kappa shape index (κ3) is 5.81. The van der Waals surface area contributed by atoms with E-state index in [1.165, 1.54) is 28.6 Å². The summed E-state index contributed by atoms with van der Waals surface area (Å²) in [5.74, 6) is -1.22. The minimum Gasteiger partial charge on any atom is -0.452 e. The van der Waals surface area contributed by atoms with Gasteiger partial charge >= 0.3 is 5.97 Å². The van der Waals surface area contributed by atoms with Gasteiger partial charge in [0, 0.05) is 23.8 Å². The molecule has 0 bridgehead atoms. The van der Waals surface area contributed by atoms with Crippen LogP contribution in [0.4, 0.5) is 5.69 Å². The summed E-state index contributed by atoms with van der Waals surface area (Å²) in [6.07, 6.45) is 3.76. The maximum absolute atomic E-state index is 12.8. The van der Waals surface area contributed by atoms with Crippen molar-refractivity contribution in [2.24, 2.45) is 0 Å². The van der Waals surface area contributed by atoms with Gasteiger partial charge in [0.15, 0.2) is 6.61 Å². The number of nitrogens with one attached hydrogen (secondary N) is 1. The van der Waals surface area contributed by atoms with E-state index in [-0.39, 0.29) is 10.5 Å². The highest BCUT2D eigenvalue weighted by Crippen LogP contribution is 2.21. The van der Waals surface area contributed by atoms with E-state index in [9.17, 15) is 18.0 Å². The van der Waals surface area contributed by atoms with Crippen LogP contribution in [0.1, 0.15) is 36.0 Å². The number of halogens is 1. The number of sulfonamides is 1. The lowest BCUT2D eigenvalue weighted by Crippen LogP contribution is -2.31. The average Bonchev–Trinajstić information content (AvgIpc) is 3.02. The number of hydrogen-bond donors (Lipinski definition) is 1. The van der Waals surface area contributed by atoms with Crippen molar-refractivity contribution in [2.45, 2.75) is 30.6 Å². The molecule has 1 N–H and O–H groups in total. The molecule has 0 radical (unpaired) electrons. The van der Waals surface area contributed by atoms with Crippen molar-refractivity contribution in [3.8, 4) is 0 Å². The smallest absolute Gasteiger partial charge is 0.338 e. The third-order valence-electron chi connectivity index (χ3n) is 4.74. The number of benzene rings is 2. The molecule has 160 valence electrons. The topological polar surface area (TPSA) is 92.8 Å². The van der Waals surface area contributed by atoms with E-state index in [0.717, 1.165) is 25.7 Å². The summed E-state index contributed by atoms with van der Waals surface area (Å²) in [6.45, 7) is 0.543. The molecule has 2 aromatic carbocycles. The molecular weight excluding hydrogens is 428 g/mol. The van der Waals surface area contributed by atoms with Crippen LogP contribution >= 0.6 is 11.6 Å². The molecule has 3 rings (SSSR count). The van der Waals surface area contributed by atoms with Gasteiger partial charge in [-0.25, -0.2) is 13.2 Å². The zero-order valence-corrected chi connectivity index (χ0v) is 17.9. The van der Waals surface area contributed by atoms with Crippen molar-refractivity contribution in [1.82, 2.24) is 4.31 Å². The highest BCUT2D eigenvalue weighted by molar-refractivity contribution is 7.89. The first kappa shape index (κ1) is 22.3. The average molecular weight is 451 g/mol. The monoisotopic (exact) mass is 450 g/mol. The van der Waals surface area contributed by atoms with E-state index in [4.69, 9.17) is 16.3 Å². The van der Waals surface area contributed by atoms with Crippen LogP contribution in [0.25, 0.3) is 0 Å². The van der Waals surface area contributed by atoms with E-state index in [1.54, 1.807) is 24.3 Å². The van der Waals surface area contributed by atoms with Gasteiger partial charge in [-0.15, -0.1) is 0 Å². The van der Waals surface area contributed by atoms with Gasteiger partial charge in [-0.1, -0.05) is 30.5 Å². The molecule has 1 fully saturated rings. The number of anilines is 1. The van der Waals surface area contributed by atoms with Gasteiger partial charge in [-0.05, 0) is 55.3 Å². The zero-order valence-electron chi connectivity index (χ0n) is 16.3. The van der Waals surface area contributed by atoms with Crippen LogP contribution in [0.5, 0.6) is 0 Å². The summed E-state index contributed by atoms with van der Waals surface area (Å²) in [7, 11) is -3.59. The molecule has 9 heteroatoms. The molecule has 7 nitrogen and oxygen atoms in total. The molecule has 0 saturated carbocycles. The highest BCUT2D eigenvalue weighted by atomic mass is 35.5. The van der Waals surface area contributed by atoms with E-state index in [1.807, 2.05) is 0 Å². The first-order valence-corrected chi connectivity index (χ1v) is 11.5. The molecule has 0 spiro atoms. The SMILES string of the molecule is O=C(COC(=O)c1ccc(S(=O)(=O)N2CCCCCC2)cc1)Nc1cccc(Cl)c1. The minimum atomic E-state index is -3.59. The molecule has 2 aromatic rings. The predicted octanol–water partition coefficient (Wildman–Crippen LogP) is 3.70. The summed E-state index contributed by atoms with van der Waals surface area (Å²) >= 11 is 5.86. The fourth-order valence-electron chi connectivity index (χ4n) is 3.17. The molecule has 30 heavy (non-hydrogen) atoms. The van der Waals surface area contributed by atoms with E-state index in [0.29, 0.717) is 23.8 Å². The fraction of sp³-hybridized carbons (Fsp3) is 0.333. The molecule has 0 aromatic heterocycles. The molecule has 0 aliphatic carbocycles. The molecule has 0 unspecified atom stereocenters. The van der Waals surface area contributed by atoms with Gasteiger partial charge in [0.2, 0.25) is 10.0 Å². The van der Waals surface area contributed by atoms with Crippen molar-refractivity contribution in [3.63, 3.8) is 0 Å². The summed E-state index contributed by atoms with van der Waals surface area (Å²) in [5.41, 5.74) is 0.659. The van der Waals surface area contributed by atoms with Crippen LogP contribution in [0.15, 0.2) is 53.4 Å². The number of rotatable bonds is 6. The normalized spacial score (nSPS) is 15.2. The van der Waals surface area contributed by atoms with Gasteiger partial charge < -0.3 is 10.1 Å². The maximum Gasteiger partial charge on any atom is 0.338 e. The summed E-state index contributed by atoms with van der Waals surface area (Å²) < 4.78 is 32.1. The van der Waals surface area contributed by atoms with E-state index >= 15 is 0 Å². The van der Waals surface area contributed by atoms with Crippen LogP contribution in [0.3, 0.4) is 0 Å². The Hall–Kier alpha value is -2.42. The first-order valence-electron chi connectivity index (χ1n) is 9.69. The molecular formula is C21H23ClN2O5S. The summed E-state index contributed by atoms with van der Waals surface area (Å²) in [5, 5.41) is 3.05. The van der Waals surface area contributed by atoms with Crippen molar-refractivity contribution in [1.29, 1.82) is 0 Å². The Kier molecular flexibility index (Phi) is 7.47. The Bertz CT molecular complexity index is 1000. The van der Waals surface area contributed by atoms with Gasteiger partial charge in [0.05, 0.1) is 10.5 Å². The second kappa shape index (κ2) is 10.1. The van der Waals surface area contributed by atoms with Crippen LogP contribution in [0.2, 0.25) is 5.02 Å². The zero-order chi connectivity index (χ0) is 21.6.